The molecule has 13 heavy (non-hydrogen) atoms. The first-order valence-electron chi connectivity index (χ1n) is 5.47. The van der Waals surface area contributed by atoms with E-state index in [4.69, 9.17) is 0 Å². The van der Waals surface area contributed by atoms with Crippen LogP contribution in [0.2, 0.25) is 0 Å². The van der Waals surface area contributed by atoms with E-state index in [0.29, 0.717) is 0 Å². The molecule has 1 rings (SSSR count). The SMILES string of the molecule is CCCCC1C=C(C)C(I)[C@H](C)C1. The summed E-state index contributed by atoms with van der Waals surface area (Å²) < 4.78 is 0.787. The highest BCUT2D eigenvalue weighted by Crippen LogP contribution is 2.35. The van der Waals surface area contributed by atoms with Crippen molar-refractivity contribution in [2.75, 3.05) is 0 Å². The van der Waals surface area contributed by atoms with Crippen LogP contribution >= 0.6 is 22.6 Å². The molecule has 0 aromatic heterocycles. The van der Waals surface area contributed by atoms with Crippen LogP contribution in [0.4, 0.5) is 0 Å². The maximum Gasteiger partial charge on any atom is 0.0342 e. The van der Waals surface area contributed by atoms with Gasteiger partial charge in [0.25, 0.3) is 0 Å². The quantitative estimate of drug-likeness (QED) is 0.406. The third kappa shape index (κ3) is 3.26. The predicted octanol–water partition coefficient (Wildman–Crippen LogP) is 4.58. The van der Waals surface area contributed by atoms with Gasteiger partial charge in [-0.3, -0.25) is 0 Å². The standard InChI is InChI=1S/C12H21I/c1-4-5-6-11-7-9(2)12(13)10(3)8-11/h7,10-12H,4-6,8H2,1-3H3/t10-,11?,12?/m1/s1. The fourth-order valence-electron chi connectivity index (χ4n) is 2.25. The average Bonchev–Trinajstić information content (AvgIpc) is 2.10. The topological polar surface area (TPSA) is 0 Å². The Balaban J connectivity index is 2.50. The second-order valence-corrected chi connectivity index (χ2v) is 5.77. The maximum absolute atomic E-state index is 2.59. The molecule has 0 fully saturated rings. The van der Waals surface area contributed by atoms with Gasteiger partial charge in [0.05, 0.1) is 0 Å². The van der Waals surface area contributed by atoms with Crippen LogP contribution in [0.15, 0.2) is 11.6 Å². The van der Waals surface area contributed by atoms with E-state index in [9.17, 15) is 0 Å². The summed E-state index contributed by atoms with van der Waals surface area (Å²) in [4.78, 5) is 0. The Morgan fingerprint density at radius 3 is 2.77 bits per heavy atom. The fraction of sp³-hybridized carbons (Fsp3) is 0.833. The van der Waals surface area contributed by atoms with Crippen molar-refractivity contribution in [3.8, 4) is 0 Å². The molecule has 0 bridgehead atoms. The van der Waals surface area contributed by atoms with E-state index in [1.165, 1.54) is 25.7 Å². The minimum Gasteiger partial charge on any atom is -0.0814 e. The molecule has 0 radical (unpaired) electrons. The summed E-state index contributed by atoms with van der Waals surface area (Å²) in [5, 5.41) is 0. The zero-order chi connectivity index (χ0) is 9.84. The third-order valence-electron chi connectivity index (χ3n) is 3.04. The van der Waals surface area contributed by atoms with Gasteiger partial charge in [0.15, 0.2) is 0 Å². The summed E-state index contributed by atoms with van der Waals surface area (Å²) in [5.74, 6) is 1.76. The Bertz CT molecular complexity index is 184. The number of hydrogen-bond donors (Lipinski definition) is 0. The Morgan fingerprint density at radius 1 is 1.54 bits per heavy atom. The lowest BCUT2D eigenvalue weighted by atomic mass is 9.81. The molecule has 3 atom stereocenters. The van der Waals surface area contributed by atoms with Crippen molar-refractivity contribution in [1.82, 2.24) is 0 Å². The molecule has 76 valence electrons. The molecule has 0 saturated heterocycles. The van der Waals surface area contributed by atoms with Gasteiger partial charge in [-0.1, -0.05) is 60.9 Å². The van der Waals surface area contributed by atoms with Crippen molar-refractivity contribution in [3.05, 3.63) is 11.6 Å². The zero-order valence-electron chi connectivity index (χ0n) is 9.02. The first-order valence-corrected chi connectivity index (χ1v) is 6.72. The van der Waals surface area contributed by atoms with Gasteiger partial charge in [-0.05, 0) is 31.6 Å². The van der Waals surface area contributed by atoms with E-state index in [-0.39, 0.29) is 0 Å². The Morgan fingerprint density at radius 2 is 2.23 bits per heavy atom. The van der Waals surface area contributed by atoms with Gasteiger partial charge < -0.3 is 0 Å². The van der Waals surface area contributed by atoms with Crippen molar-refractivity contribution < 1.29 is 0 Å². The molecule has 0 nitrogen and oxygen atoms in total. The van der Waals surface area contributed by atoms with E-state index in [1.807, 2.05) is 0 Å². The number of halogens is 1. The van der Waals surface area contributed by atoms with E-state index < -0.39 is 0 Å². The number of hydrogen-bond acceptors (Lipinski definition) is 0. The minimum atomic E-state index is 0.787. The van der Waals surface area contributed by atoms with Crippen LogP contribution in [0.3, 0.4) is 0 Å². The summed E-state index contributed by atoms with van der Waals surface area (Å²) in [6.45, 7) is 6.97. The number of alkyl halides is 1. The molecule has 0 aromatic carbocycles. The number of unbranched alkanes of at least 4 members (excludes halogenated alkanes) is 1. The molecule has 0 amide bonds. The molecule has 1 heteroatoms. The van der Waals surface area contributed by atoms with Gasteiger partial charge in [0.2, 0.25) is 0 Å². The lowest BCUT2D eigenvalue weighted by Crippen LogP contribution is -2.21. The molecule has 0 aliphatic heterocycles. The van der Waals surface area contributed by atoms with Crippen molar-refractivity contribution in [2.45, 2.75) is 50.4 Å². The summed E-state index contributed by atoms with van der Waals surface area (Å²) in [7, 11) is 0. The van der Waals surface area contributed by atoms with Crippen LogP contribution in [-0.4, -0.2) is 3.92 Å². The minimum absolute atomic E-state index is 0.787. The fourth-order valence-corrected chi connectivity index (χ4v) is 2.75. The molecular weight excluding hydrogens is 271 g/mol. The smallest absolute Gasteiger partial charge is 0.0342 e. The van der Waals surface area contributed by atoms with Crippen LogP contribution in [0.25, 0.3) is 0 Å². The van der Waals surface area contributed by atoms with E-state index >= 15 is 0 Å². The van der Waals surface area contributed by atoms with Gasteiger partial charge in [0.1, 0.15) is 0 Å². The van der Waals surface area contributed by atoms with Crippen LogP contribution in [0.5, 0.6) is 0 Å². The van der Waals surface area contributed by atoms with Crippen LogP contribution in [0, 0.1) is 11.8 Å². The number of allylic oxidation sites excluding steroid dienone is 2. The number of rotatable bonds is 3. The highest BCUT2D eigenvalue weighted by molar-refractivity contribution is 14.1. The third-order valence-corrected chi connectivity index (χ3v) is 5.25. The molecule has 1 aliphatic rings. The van der Waals surface area contributed by atoms with Crippen LogP contribution in [-0.2, 0) is 0 Å². The van der Waals surface area contributed by atoms with Crippen molar-refractivity contribution in [3.63, 3.8) is 0 Å². The largest absolute Gasteiger partial charge is 0.0814 e. The Kier molecular flexibility index (Phi) is 4.77. The highest BCUT2D eigenvalue weighted by atomic mass is 127. The van der Waals surface area contributed by atoms with Gasteiger partial charge in [-0.25, -0.2) is 0 Å². The molecule has 0 spiro atoms. The van der Waals surface area contributed by atoms with E-state index in [0.717, 1.165) is 15.8 Å². The highest BCUT2D eigenvalue weighted by Gasteiger charge is 2.24. The first-order chi connectivity index (χ1) is 6.15. The monoisotopic (exact) mass is 292 g/mol. The molecule has 0 N–H and O–H groups in total. The normalized spacial score (nSPS) is 34.5. The second-order valence-electron chi connectivity index (χ2n) is 4.43. The molecular formula is C12H21I. The molecule has 1 aliphatic carbocycles. The Hall–Kier alpha value is 0.470. The summed E-state index contributed by atoms with van der Waals surface area (Å²) in [6, 6.07) is 0. The van der Waals surface area contributed by atoms with Crippen LogP contribution < -0.4 is 0 Å². The summed E-state index contributed by atoms with van der Waals surface area (Å²) in [5.41, 5.74) is 1.61. The van der Waals surface area contributed by atoms with Crippen molar-refractivity contribution in [1.29, 1.82) is 0 Å². The molecule has 2 unspecified atom stereocenters. The summed E-state index contributed by atoms with van der Waals surface area (Å²) in [6.07, 6.45) is 8.07. The van der Waals surface area contributed by atoms with E-state index in [2.05, 4.69) is 49.4 Å². The summed E-state index contributed by atoms with van der Waals surface area (Å²) >= 11 is 2.59. The van der Waals surface area contributed by atoms with Crippen LogP contribution in [0.1, 0.15) is 46.5 Å². The first kappa shape index (κ1) is 11.5. The lowest BCUT2D eigenvalue weighted by Gasteiger charge is -2.29. The predicted molar refractivity (Wildman–Crippen MR) is 68.4 cm³/mol. The maximum atomic E-state index is 2.59. The van der Waals surface area contributed by atoms with Gasteiger partial charge in [-0.2, -0.15) is 0 Å². The Labute approximate surface area is 96.3 Å². The zero-order valence-corrected chi connectivity index (χ0v) is 11.2. The van der Waals surface area contributed by atoms with Crippen molar-refractivity contribution >= 4 is 22.6 Å². The molecule has 0 aromatic rings. The molecule has 0 heterocycles. The van der Waals surface area contributed by atoms with E-state index in [1.54, 1.807) is 5.57 Å². The lowest BCUT2D eigenvalue weighted by molar-refractivity contribution is 0.402. The molecule has 0 saturated carbocycles. The average molecular weight is 292 g/mol. The van der Waals surface area contributed by atoms with Crippen molar-refractivity contribution in [2.24, 2.45) is 11.8 Å². The van der Waals surface area contributed by atoms with Gasteiger partial charge in [-0.15, -0.1) is 0 Å². The van der Waals surface area contributed by atoms with Gasteiger partial charge >= 0.3 is 0 Å². The second kappa shape index (κ2) is 5.38. The van der Waals surface area contributed by atoms with Gasteiger partial charge in [0, 0.05) is 3.92 Å².